The van der Waals surface area contributed by atoms with Gasteiger partial charge in [0.2, 0.25) is 0 Å². The Balaban J connectivity index is 2.96. The Kier molecular flexibility index (Phi) is 2.98. The predicted molar refractivity (Wildman–Crippen MR) is 49.1 cm³/mol. The highest BCUT2D eigenvalue weighted by Crippen LogP contribution is 2.10. The summed E-state index contributed by atoms with van der Waals surface area (Å²) in [6.07, 6.45) is 0. The normalized spacial score (nSPS) is 12.6. The van der Waals surface area contributed by atoms with Crippen molar-refractivity contribution in [3.05, 3.63) is 35.6 Å². The van der Waals surface area contributed by atoms with E-state index in [0.29, 0.717) is 5.56 Å². The number of rotatable bonds is 2. The van der Waals surface area contributed by atoms with Gasteiger partial charge in [-0.15, -0.1) is 0 Å². The molecule has 0 unspecified atom stereocenters. The van der Waals surface area contributed by atoms with Crippen LogP contribution in [0.3, 0.4) is 0 Å². The van der Waals surface area contributed by atoms with Gasteiger partial charge in [-0.1, -0.05) is 28.1 Å². The average molecular weight is 231 g/mol. The van der Waals surface area contributed by atoms with E-state index < -0.39 is 0 Å². The van der Waals surface area contributed by atoms with Crippen molar-refractivity contribution < 1.29 is 9.18 Å². The van der Waals surface area contributed by atoms with Crippen molar-refractivity contribution in [3.63, 3.8) is 0 Å². The van der Waals surface area contributed by atoms with Gasteiger partial charge in [-0.25, -0.2) is 4.39 Å². The van der Waals surface area contributed by atoms with Gasteiger partial charge in [-0.3, -0.25) is 4.79 Å². The second kappa shape index (κ2) is 3.81. The minimum Gasteiger partial charge on any atom is -0.293 e. The lowest BCUT2D eigenvalue weighted by Gasteiger charge is -2.01. The molecule has 0 amide bonds. The minimum atomic E-state index is -0.381. The number of hydrogen-bond acceptors (Lipinski definition) is 1. The lowest BCUT2D eigenvalue weighted by atomic mass is 10.1. The van der Waals surface area contributed by atoms with Crippen LogP contribution in [0.2, 0.25) is 0 Å². The summed E-state index contributed by atoms with van der Waals surface area (Å²) in [7, 11) is 0. The van der Waals surface area contributed by atoms with E-state index in [0.717, 1.165) is 0 Å². The highest BCUT2D eigenvalue weighted by Gasteiger charge is 2.11. The summed E-state index contributed by atoms with van der Waals surface area (Å²) in [4.78, 5) is 11.0. The molecule has 3 heteroatoms. The smallest absolute Gasteiger partial charge is 0.176 e. The molecule has 0 saturated carbocycles. The molecule has 0 aliphatic carbocycles. The van der Waals surface area contributed by atoms with Crippen molar-refractivity contribution in [2.45, 2.75) is 11.8 Å². The zero-order valence-corrected chi connectivity index (χ0v) is 8.14. The van der Waals surface area contributed by atoms with E-state index in [1.807, 2.05) is 0 Å². The maximum Gasteiger partial charge on any atom is 0.176 e. The van der Waals surface area contributed by atoms with Gasteiger partial charge in [0.15, 0.2) is 5.78 Å². The molecule has 64 valence electrons. The quantitative estimate of drug-likeness (QED) is 0.565. The Morgan fingerprint density at radius 2 is 2.25 bits per heavy atom. The Bertz CT molecular complexity index is 296. The van der Waals surface area contributed by atoms with Crippen molar-refractivity contribution in [1.82, 2.24) is 0 Å². The summed E-state index contributed by atoms with van der Waals surface area (Å²) in [6.45, 7) is 1.72. The van der Waals surface area contributed by atoms with Gasteiger partial charge in [0.1, 0.15) is 5.82 Å². The number of hydrogen-bond donors (Lipinski definition) is 0. The fourth-order valence-electron chi connectivity index (χ4n) is 0.871. The van der Waals surface area contributed by atoms with Crippen LogP contribution in [0.25, 0.3) is 0 Å². The molecule has 0 bridgehead atoms. The Morgan fingerprint density at radius 3 is 2.75 bits per heavy atom. The third-order valence-electron chi connectivity index (χ3n) is 1.47. The van der Waals surface area contributed by atoms with Gasteiger partial charge in [-0.05, 0) is 19.1 Å². The summed E-state index contributed by atoms with van der Waals surface area (Å²) < 4.78 is 12.6. The van der Waals surface area contributed by atoms with Crippen molar-refractivity contribution in [3.8, 4) is 0 Å². The SMILES string of the molecule is C[C@@H](Br)C(=O)c1cccc(F)c1. The Morgan fingerprint density at radius 1 is 1.58 bits per heavy atom. The van der Waals surface area contributed by atoms with E-state index >= 15 is 0 Å². The zero-order chi connectivity index (χ0) is 9.14. The molecule has 0 fully saturated rings. The first-order valence-electron chi connectivity index (χ1n) is 3.55. The maximum atomic E-state index is 12.6. The van der Waals surface area contributed by atoms with Gasteiger partial charge in [0.05, 0.1) is 4.83 Å². The molecule has 1 rings (SSSR count). The lowest BCUT2D eigenvalue weighted by Crippen LogP contribution is -2.09. The molecule has 0 heterocycles. The molecule has 0 aromatic heterocycles. The van der Waals surface area contributed by atoms with Crippen LogP contribution in [-0.4, -0.2) is 10.6 Å². The Labute approximate surface area is 78.7 Å². The lowest BCUT2D eigenvalue weighted by molar-refractivity contribution is 0.0995. The highest BCUT2D eigenvalue weighted by atomic mass is 79.9. The highest BCUT2D eigenvalue weighted by molar-refractivity contribution is 9.10. The van der Waals surface area contributed by atoms with Gasteiger partial charge in [0, 0.05) is 5.56 Å². The molecule has 0 aliphatic rings. The molecule has 0 spiro atoms. The van der Waals surface area contributed by atoms with E-state index in [2.05, 4.69) is 15.9 Å². The Hall–Kier alpha value is -0.700. The topological polar surface area (TPSA) is 17.1 Å². The molecule has 0 N–H and O–H groups in total. The molecule has 0 radical (unpaired) electrons. The number of alkyl halides is 1. The van der Waals surface area contributed by atoms with Crippen LogP contribution in [0.4, 0.5) is 4.39 Å². The molecule has 0 saturated heterocycles. The average Bonchev–Trinajstić information content (AvgIpc) is 2.03. The molecule has 1 nitrogen and oxygen atoms in total. The summed E-state index contributed by atoms with van der Waals surface area (Å²) >= 11 is 3.13. The van der Waals surface area contributed by atoms with E-state index in [-0.39, 0.29) is 16.4 Å². The predicted octanol–water partition coefficient (Wildman–Crippen LogP) is 2.79. The third-order valence-corrected chi connectivity index (χ3v) is 1.89. The van der Waals surface area contributed by atoms with Crippen molar-refractivity contribution >= 4 is 21.7 Å². The second-order valence-corrected chi connectivity index (χ2v) is 3.86. The van der Waals surface area contributed by atoms with E-state index in [1.165, 1.54) is 18.2 Å². The molecule has 0 aliphatic heterocycles. The van der Waals surface area contributed by atoms with E-state index in [4.69, 9.17) is 0 Å². The molecule has 1 atom stereocenters. The van der Waals surface area contributed by atoms with Gasteiger partial charge in [-0.2, -0.15) is 0 Å². The standard InChI is InChI=1S/C9H8BrFO/c1-6(10)9(12)7-3-2-4-8(11)5-7/h2-6H,1H3/t6-/m1/s1. The summed E-state index contributed by atoms with van der Waals surface area (Å²) in [6, 6.07) is 5.68. The first-order chi connectivity index (χ1) is 5.61. The van der Waals surface area contributed by atoms with Crippen LogP contribution in [0.15, 0.2) is 24.3 Å². The summed E-state index contributed by atoms with van der Waals surface area (Å²) in [5.41, 5.74) is 0.402. The van der Waals surface area contributed by atoms with Gasteiger partial charge in [0.25, 0.3) is 0 Å². The molecular weight excluding hydrogens is 223 g/mol. The molecule has 12 heavy (non-hydrogen) atoms. The van der Waals surface area contributed by atoms with E-state index in [1.54, 1.807) is 13.0 Å². The van der Waals surface area contributed by atoms with E-state index in [9.17, 15) is 9.18 Å². The van der Waals surface area contributed by atoms with Gasteiger partial charge >= 0.3 is 0 Å². The number of carbonyl (C=O) groups is 1. The molecular formula is C9H8BrFO. The monoisotopic (exact) mass is 230 g/mol. The number of Topliss-reactive ketones (excluding diaryl/α,β-unsaturated/α-hetero) is 1. The number of halogens is 2. The minimum absolute atomic E-state index is 0.102. The van der Waals surface area contributed by atoms with Crippen LogP contribution in [0.1, 0.15) is 17.3 Å². The van der Waals surface area contributed by atoms with Crippen LogP contribution in [-0.2, 0) is 0 Å². The largest absolute Gasteiger partial charge is 0.293 e. The van der Waals surface area contributed by atoms with Crippen LogP contribution < -0.4 is 0 Å². The zero-order valence-electron chi connectivity index (χ0n) is 6.55. The van der Waals surface area contributed by atoms with Crippen molar-refractivity contribution in [2.75, 3.05) is 0 Å². The van der Waals surface area contributed by atoms with Crippen LogP contribution in [0.5, 0.6) is 0 Å². The second-order valence-electron chi connectivity index (χ2n) is 2.49. The summed E-state index contributed by atoms with van der Waals surface area (Å²) in [5, 5.41) is 0. The number of carbonyl (C=O) groups excluding carboxylic acids is 1. The molecule has 1 aromatic carbocycles. The fraction of sp³-hybridized carbons (Fsp3) is 0.222. The van der Waals surface area contributed by atoms with Gasteiger partial charge < -0.3 is 0 Å². The maximum absolute atomic E-state index is 12.6. The summed E-state index contributed by atoms with van der Waals surface area (Å²) in [5.74, 6) is -0.483. The van der Waals surface area contributed by atoms with Crippen LogP contribution >= 0.6 is 15.9 Å². The number of ketones is 1. The molecule has 1 aromatic rings. The third kappa shape index (κ3) is 2.14. The van der Waals surface area contributed by atoms with Crippen molar-refractivity contribution in [1.29, 1.82) is 0 Å². The fourth-order valence-corrected chi connectivity index (χ4v) is 1.14. The first kappa shape index (κ1) is 9.39. The number of benzene rings is 1. The van der Waals surface area contributed by atoms with Crippen molar-refractivity contribution in [2.24, 2.45) is 0 Å². The first-order valence-corrected chi connectivity index (χ1v) is 4.46. The van der Waals surface area contributed by atoms with Crippen LogP contribution in [0, 0.1) is 5.82 Å².